The summed E-state index contributed by atoms with van der Waals surface area (Å²) in [5.41, 5.74) is 6.30. The van der Waals surface area contributed by atoms with Gasteiger partial charge in [0, 0.05) is 18.9 Å². The van der Waals surface area contributed by atoms with E-state index in [4.69, 9.17) is 10.5 Å². The summed E-state index contributed by atoms with van der Waals surface area (Å²) in [6.07, 6.45) is 3.17. The zero-order valence-electron chi connectivity index (χ0n) is 9.95. The molecule has 0 fully saturated rings. The minimum Gasteiger partial charge on any atom is -0.492 e. The highest BCUT2D eigenvalue weighted by molar-refractivity contribution is 5.26. The molecule has 0 unspecified atom stereocenters. The van der Waals surface area contributed by atoms with Crippen LogP contribution in [0.15, 0.2) is 47.5 Å². The highest BCUT2D eigenvalue weighted by Crippen LogP contribution is 2.11. The first kappa shape index (κ1) is 12.3. The normalized spacial score (nSPS) is 10.3. The SMILES string of the molecule is NCc1ccc(OCCn2cccnc2=O)cc1. The molecule has 0 bridgehead atoms. The first-order valence-corrected chi connectivity index (χ1v) is 5.73. The number of nitrogens with two attached hydrogens (primary N) is 1. The molecule has 2 N–H and O–H groups in total. The van der Waals surface area contributed by atoms with Gasteiger partial charge >= 0.3 is 5.69 Å². The maximum absolute atomic E-state index is 11.3. The van der Waals surface area contributed by atoms with Gasteiger partial charge in [0.1, 0.15) is 12.4 Å². The largest absolute Gasteiger partial charge is 0.492 e. The van der Waals surface area contributed by atoms with E-state index in [-0.39, 0.29) is 5.69 Å². The quantitative estimate of drug-likeness (QED) is 0.845. The summed E-state index contributed by atoms with van der Waals surface area (Å²) in [5.74, 6) is 0.768. The number of benzene rings is 1. The number of hydrogen-bond donors (Lipinski definition) is 1. The first-order chi connectivity index (χ1) is 8.79. The van der Waals surface area contributed by atoms with E-state index in [1.807, 2.05) is 24.3 Å². The molecule has 1 aromatic heterocycles. The predicted octanol–water partition coefficient (Wildman–Crippen LogP) is 0.781. The Kier molecular flexibility index (Phi) is 4.09. The average molecular weight is 245 g/mol. The maximum atomic E-state index is 11.3. The number of nitrogens with zero attached hydrogens (tertiary/aromatic N) is 2. The van der Waals surface area contributed by atoms with E-state index in [0.29, 0.717) is 19.7 Å². The molecule has 0 atom stereocenters. The summed E-state index contributed by atoms with van der Waals surface area (Å²) >= 11 is 0. The molecule has 0 aliphatic carbocycles. The number of ether oxygens (including phenoxy) is 1. The van der Waals surface area contributed by atoms with Crippen LogP contribution in [0.2, 0.25) is 0 Å². The Labute approximate surface area is 105 Å². The Morgan fingerprint density at radius 2 is 2.06 bits per heavy atom. The Bertz CT molecular complexity index is 549. The molecule has 0 aliphatic rings. The highest BCUT2D eigenvalue weighted by Gasteiger charge is 1.97. The molecule has 0 aliphatic heterocycles. The van der Waals surface area contributed by atoms with Crippen molar-refractivity contribution in [2.45, 2.75) is 13.1 Å². The molecule has 18 heavy (non-hydrogen) atoms. The van der Waals surface area contributed by atoms with Crippen LogP contribution in [0, 0.1) is 0 Å². The molecular formula is C13H15N3O2. The van der Waals surface area contributed by atoms with E-state index < -0.39 is 0 Å². The maximum Gasteiger partial charge on any atom is 0.347 e. The molecule has 1 aromatic carbocycles. The van der Waals surface area contributed by atoms with Gasteiger partial charge in [-0.1, -0.05) is 12.1 Å². The lowest BCUT2D eigenvalue weighted by molar-refractivity contribution is 0.295. The van der Waals surface area contributed by atoms with Crippen LogP contribution < -0.4 is 16.2 Å². The highest BCUT2D eigenvalue weighted by atomic mass is 16.5. The van der Waals surface area contributed by atoms with Crippen molar-refractivity contribution >= 4 is 0 Å². The molecule has 0 saturated carbocycles. The van der Waals surface area contributed by atoms with Gasteiger partial charge in [-0.25, -0.2) is 9.78 Å². The Balaban J connectivity index is 1.88. The zero-order chi connectivity index (χ0) is 12.8. The van der Waals surface area contributed by atoms with Crippen molar-refractivity contribution in [2.24, 2.45) is 5.73 Å². The monoisotopic (exact) mass is 245 g/mol. The molecule has 0 radical (unpaired) electrons. The minimum absolute atomic E-state index is 0.264. The van der Waals surface area contributed by atoms with Gasteiger partial charge in [-0.3, -0.25) is 4.57 Å². The topological polar surface area (TPSA) is 70.1 Å². The lowest BCUT2D eigenvalue weighted by atomic mass is 10.2. The van der Waals surface area contributed by atoms with Gasteiger partial charge in [0.25, 0.3) is 0 Å². The second kappa shape index (κ2) is 5.97. The van der Waals surface area contributed by atoms with Crippen molar-refractivity contribution in [3.63, 3.8) is 0 Å². The Morgan fingerprint density at radius 3 is 2.72 bits per heavy atom. The van der Waals surface area contributed by atoms with Gasteiger partial charge in [0.05, 0.1) is 6.54 Å². The molecule has 2 rings (SSSR count). The van der Waals surface area contributed by atoms with Gasteiger partial charge in [-0.15, -0.1) is 0 Å². The van der Waals surface area contributed by atoms with Crippen molar-refractivity contribution in [1.29, 1.82) is 0 Å². The van der Waals surface area contributed by atoms with Crippen LogP contribution in [0.5, 0.6) is 5.75 Å². The average Bonchev–Trinajstić information content (AvgIpc) is 2.42. The molecule has 1 heterocycles. The van der Waals surface area contributed by atoms with E-state index in [9.17, 15) is 4.79 Å². The summed E-state index contributed by atoms with van der Waals surface area (Å²) in [7, 11) is 0. The third kappa shape index (κ3) is 3.18. The Hall–Kier alpha value is -2.14. The van der Waals surface area contributed by atoms with Gasteiger partial charge in [-0.05, 0) is 23.8 Å². The van der Waals surface area contributed by atoms with E-state index >= 15 is 0 Å². The van der Waals surface area contributed by atoms with E-state index in [1.54, 1.807) is 12.3 Å². The summed E-state index contributed by atoms with van der Waals surface area (Å²) in [5, 5.41) is 0. The second-order valence-corrected chi connectivity index (χ2v) is 3.79. The zero-order valence-corrected chi connectivity index (χ0v) is 9.95. The minimum atomic E-state index is -0.264. The van der Waals surface area contributed by atoms with Gasteiger partial charge < -0.3 is 10.5 Å². The third-order valence-corrected chi connectivity index (χ3v) is 2.54. The van der Waals surface area contributed by atoms with Gasteiger partial charge in [0.2, 0.25) is 0 Å². The molecule has 0 saturated heterocycles. The summed E-state index contributed by atoms with van der Waals surface area (Å²) in [4.78, 5) is 15.0. The number of aromatic nitrogens is 2. The van der Waals surface area contributed by atoms with Crippen molar-refractivity contribution in [3.8, 4) is 5.75 Å². The fourth-order valence-corrected chi connectivity index (χ4v) is 1.54. The van der Waals surface area contributed by atoms with Crippen molar-refractivity contribution < 1.29 is 4.74 Å². The lowest BCUT2D eigenvalue weighted by Crippen LogP contribution is -2.24. The summed E-state index contributed by atoms with van der Waals surface area (Å²) in [6, 6.07) is 9.30. The predicted molar refractivity (Wildman–Crippen MR) is 68.3 cm³/mol. The van der Waals surface area contributed by atoms with Crippen LogP contribution in [0.25, 0.3) is 0 Å². The molecule has 5 nitrogen and oxygen atoms in total. The molecule has 94 valence electrons. The van der Waals surface area contributed by atoms with E-state index in [1.165, 1.54) is 10.8 Å². The molecule has 5 heteroatoms. The lowest BCUT2D eigenvalue weighted by Gasteiger charge is -2.07. The van der Waals surface area contributed by atoms with E-state index in [0.717, 1.165) is 11.3 Å². The van der Waals surface area contributed by atoms with Crippen LogP contribution in [0.1, 0.15) is 5.56 Å². The van der Waals surface area contributed by atoms with Crippen LogP contribution in [0.3, 0.4) is 0 Å². The van der Waals surface area contributed by atoms with Crippen LogP contribution in [0.4, 0.5) is 0 Å². The summed E-state index contributed by atoms with van der Waals surface area (Å²) < 4.78 is 7.04. The van der Waals surface area contributed by atoms with Crippen molar-refractivity contribution in [2.75, 3.05) is 6.61 Å². The van der Waals surface area contributed by atoms with Crippen molar-refractivity contribution in [1.82, 2.24) is 9.55 Å². The molecule has 0 amide bonds. The fraction of sp³-hybridized carbons (Fsp3) is 0.231. The fourth-order valence-electron chi connectivity index (χ4n) is 1.54. The molecular weight excluding hydrogens is 230 g/mol. The van der Waals surface area contributed by atoms with Crippen LogP contribution >= 0.6 is 0 Å². The molecule has 2 aromatic rings. The van der Waals surface area contributed by atoms with Crippen molar-refractivity contribution in [3.05, 3.63) is 58.8 Å². The third-order valence-electron chi connectivity index (χ3n) is 2.54. The standard InChI is InChI=1S/C13H15N3O2/c14-10-11-2-4-12(5-3-11)18-9-8-16-7-1-6-15-13(16)17/h1-7H,8-10,14H2. The van der Waals surface area contributed by atoms with Gasteiger partial charge in [0.15, 0.2) is 0 Å². The smallest absolute Gasteiger partial charge is 0.347 e. The first-order valence-electron chi connectivity index (χ1n) is 5.73. The van der Waals surface area contributed by atoms with Crippen LogP contribution in [-0.2, 0) is 13.1 Å². The number of rotatable bonds is 5. The van der Waals surface area contributed by atoms with E-state index in [2.05, 4.69) is 4.98 Å². The number of hydrogen-bond acceptors (Lipinski definition) is 4. The Morgan fingerprint density at radius 1 is 1.28 bits per heavy atom. The van der Waals surface area contributed by atoms with Crippen LogP contribution in [-0.4, -0.2) is 16.2 Å². The van der Waals surface area contributed by atoms with Gasteiger partial charge in [-0.2, -0.15) is 0 Å². The summed E-state index contributed by atoms with van der Waals surface area (Å²) in [6.45, 7) is 1.42. The molecule has 0 spiro atoms. The second-order valence-electron chi connectivity index (χ2n) is 3.79.